The van der Waals surface area contributed by atoms with Gasteiger partial charge in [-0.1, -0.05) is 179 Å². The van der Waals surface area contributed by atoms with Crippen molar-refractivity contribution >= 4 is 125 Å². The number of sulfonamides is 2. The van der Waals surface area contributed by atoms with Crippen LogP contribution in [0, 0.1) is 18.8 Å². The van der Waals surface area contributed by atoms with Crippen LogP contribution in [0.2, 0.25) is 0 Å². The number of aromatic nitrogens is 2. The van der Waals surface area contributed by atoms with Gasteiger partial charge in [-0.3, -0.25) is 67.5 Å². The monoisotopic (exact) mass is 1940 g/mol. The van der Waals surface area contributed by atoms with E-state index in [-0.39, 0.29) is 139 Å². The number of amides is 12. The molecule has 40 heteroatoms. The summed E-state index contributed by atoms with van der Waals surface area (Å²) in [5.74, 6) is -7.17. The van der Waals surface area contributed by atoms with Crippen LogP contribution >= 0.6 is 0 Å². The molecule has 6 fully saturated rings. The minimum Gasteiger partial charge on any atom is -0.370 e. The Morgan fingerprint density at radius 2 is 0.797 bits per heavy atom. The third kappa shape index (κ3) is 30.6. The summed E-state index contributed by atoms with van der Waals surface area (Å²) >= 11 is 0. The van der Waals surface area contributed by atoms with Gasteiger partial charge in [0.2, 0.25) is 90.9 Å². The Hall–Kier alpha value is -12.8. The van der Waals surface area contributed by atoms with Crippen LogP contribution < -0.4 is 85.5 Å². The maximum Gasteiger partial charge on any atom is 0.245 e. The number of aryl methyl sites for hydroxylation is 1. The molecule has 2 aromatic heterocycles. The fourth-order valence-electron chi connectivity index (χ4n) is 19.3. The van der Waals surface area contributed by atoms with Gasteiger partial charge in [0, 0.05) is 86.3 Å². The van der Waals surface area contributed by atoms with Crippen LogP contribution in [0.25, 0.3) is 21.8 Å². The molecule has 4 saturated heterocycles. The second kappa shape index (κ2) is 50.5. The smallest absolute Gasteiger partial charge is 0.245 e. The number of nitrogens with one attached hydrogen (secondary N) is 14. The van der Waals surface area contributed by atoms with Crippen LogP contribution in [0.3, 0.4) is 0 Å². The first kappa shape index (κ1) is 104. The molecule has 0 unspecified atom stereocenters. The molecular formula is C98H134N22O16S2. The number of carbonyl (C=O) groups excluding carboxylic acids is 12. The minimum atomic E-state index is -4.23. The predicted molar refractivity (Wildman–Crippen MR) is 523 cm³/mol. The molecule has 5 aromatic carbocycles. The summed E-state index contributed by atoms with van der Waals surface area (Å²) in [6.45, 7) is 2.59. The Labute approximate surface area is 804 Å². The van der Waals surface area contributed by atoms with Crippen molar-refractivity contribution in [2.45, 2.75) is 264 Å². The fraction of sp³-hybridized carbons (Fsp3) is 0.510. The van der Waals surface area contributed by atoms with Crippen molar-refractivity contribution in [2.75, 3.05) is 45.5 Å². The topological polar surface area (TPSA) is 584 Å². The second-order valence-corrected chi connectivity index (χ2v) is 40.5. The summed E-state index contributed by atoms with van der Waals surface area (Å²) in [7, 11) is -8.11. The van der Waals surface area contributed by atoms with Gasteiger partial charge >= 0.3 is 0 Å². The standard InChI is InChI=1S/C52H69N11O8S.C46H65N11O8S/c1-33-22-24-37(25-23-33)72(70,71)62-44(30-35-15-6-3-7-16-35)49(67)59-41-20-11-26-55-46(64)40(19-10-27-56-52(53)54)58-48(66)43(31-36-32-57-39-18-9-8-17-38(36)39)60-47(65)42(29-34-13-4-2-5-14-34)61-50(68)45-21-12-28-63(45)51(41)69;1-66(64,65)56-38(26-30-15-6-3-7-16-30)43(61)53-35-20-11-22-49-40(58)34(19-10-23-50-46(47)48)52-42(60)37(27-31-28-51-33-18-9-8-17-32(31)33)54-41(59)36(25-29-13-4-2-5-14-29)55-44(62)39-21-12-24-57(39)45(35)63/h3,6-9,15-18,22-25,32,34,40-45,57,62H,2,4-5,10-14,19-21,26-31H2,1H3,(H,55,64)(H,58,66)(H,59,67)(H,60,65)(H,61,68)(H4,53,54,56);3,6-9,15-18,28-29,34-39,51,56H,2,4-5,10-14,19-27H2,1H3,(H,49,58)(H,52,60)(H,53,61)(H,54,59)(H,55,62)(H4,47,48,50)/t40-,41-,42+,43-,44-,45-;34-,35-,36+,37-,38-,39-/m00/s1. The number of aliphatic imine (C=N–C) groups is 2. The van der Waals surface area contributed by atoms with Crippen molar-refractivity contribution in [1.29, 1.82) is 0 Å². The van der Waals surface area contributed by atoms with Crippen molar-refractivity contribution in [3.8, 4) is 0 Å². The van der Waals surface area contributed by atoms with Gasteiger partial charge in [-0.25, -0.2) is 21.6 Å². The number of fused-ring (bicyclic) bond motifs is 4. The average Bonchev–Trinajstić information content (AvgIpc) is 1.78. The normalized spacial score (nSPS) is 23.1. The number of hydrogen-bond donors (Lipinski definition) is 18. The number of nitrogens with two attached hydrogens (primary N) is 4. The van der Waals surface area contributed by atoms with E-state index in [1.807, 2.05) is 55.5 Å². The Kier molecular flexibility index (Phi) is 38.1. The van der Waals surface area contributed by atoms with E-state index in [0.717, 1.165) is 109 Å². The van der Waals surface area contributed by atoms with Crippen LogP contribution in [0.4, 0.5) is 0 Å². The summed E-state index contributed by atoms with van der Waals surface area (Å²) in [4.78, 5) is 191. The molecule has 2 saturated carbocycles. The number of benzene rings is 5. The van der Waals surface area contributed by atoms with E-state index >= 15 is 0 Å². The quantitative estimate of drug-likeness (QED) is 0.0182. The molecule has 7 aromatic rings. The summed E-state index contributed by atoms with van der Waals surface area (Å²) < 4.78 is 57.5. The number of guanidine groups is 2. The average molecular weight is 1940 g/mol. The van der Waals surface area contributed by atoms with E-state index in [1.165, 1.54) is 21.9 Å². The van der Waals surface area contributed by atoms with Crippen molar-refractivity contribution in [2.24, 2.45) is 44.8 Å². The highest BCUT2D eigenvalue weighted by Gasteiger charge is 2.45. The van der Waals surface area contributed by atoms with Gasteiger partial charge < -0.3 is 95.9 Å². The molecule has 138 heavy (non-hydrogen) atoms. The molecule has 0 radical (unpaired) electrons. The zero-order valence-corrected chi connectivity index (χ0v) is 80.1. The molecule has 2 aliphatic carbocycles. The Morgan fingerprint density at radius 3 is 1.20 bits per heavy atom. The molecule has 12 amide bonds. The number of aromatic amines is 2. The van der Waals surface area contributed by atoms with Crippen molar-refractivity contribution in [3.05, 3.63) is 174 Å². The molecule has 13 rings (SSSR count). The van der Waals surface area contributed by atoms with E-state index in [4.69, 9.17) is 22.9 Å². The molecule has 6 heterocycles. The fourth-order valence-corrected chi connectivity index (χ4v) is 21.2. The van der Waals surface area contributed by atoms with E-state index in [9.17, 15) is 74.4 Å². The lowest BCUT2D eigenvalue weighted by Gasteiger charge is -2.32. The van der Waals surface area contributed by atoms with Gasteiger partial charge in [-0.15, -0.1) is 0 Å². The molecule has 38 nitrogen and oxygen atoms in total. The Balaban J connectivity index is 0.000000248. The lowest BCUT2D eigenvalue weighted by atomic mass is 9.84. The molecule has 0 bridgehead atoms. The summed E-state index contributed by atoms with van der Waals surface area (Å²) in [5.41, 5.74) is 27.6. The van der Waals surface area contributed by atoms with Crippen LogP contribution in [0.5, 0.6) is 0 Å². The highest BCUT2D eigenvalue weighted by molar-refractivity contribution is 7.89. The van der Waals surface area contributed by atoms with Gasteiger partial charge in [0.05, 0.1) is 11.2 Å². The molecule has 0 spiro atoms. The van der Waals surface area contributed by atoms with Gasteiger partial charge in [0.1, 0.15) is 72.5 Å². The summed E-state index contributed by atoms with van der Waals surface area (Å²) in [6, 6.07) is 25.3. The third-order valence-electron chi connectivity index (χ3n) is 26.5. The molecule has 22 N–H and O–H groups in total. The van der Waals surface area contributed by atoms with Gasteiger partial charge in [-0.05, 0) is 168 Å². The highest BCUT2D eigenvalue weighted by Crippen LogP contribution is 2.32. The van der Waals surface area contributed by atoms with E-state index in [0.29, 0.717) is 56.1 Å². The van der Waals surface area contributed by atoms with Crippen LogP contribution in [0.1, 0.15) is 182 Å². The lowest BCUT2D eigenvalue weighted by Crippen LogP contribution is -2.60. The molecular weight excluding hydrogens is 1810 g/mol. The second-order valence-electron chi connectivity index (χ2n) is 37.0. The Morgan fingerprint density at radius 1 is 0.420 bits per heavy atom. The number of rotatable bonds is 29. The van der Waals surface area contributed by atoms with E-state index in [1.54, 1.807) is 85.2 Å². The first-order valence-electron chi connectivity index (χ1n) is 48.2. The maximum atomic E-state index is 14.9. The van der Waals surface area contributed by atoms with E-state index in [2.05, 4.69) is 82.6 Å². The predicted octanol–water partition coefficient (Wildman–Crippen LogP) is 3.21. The van der Waals surface area contributed by atoms with Crippen LogP contribution in [-0.2, 0) is 103 Å². The summed E-state index contributed by atoms with van der Waals surface area (Å²) in [6.07, 6.45) is 17.4. The number of carbonyl (C=O) groups is 12. The van der Waals surface area contributed by atoms with E-state index < -0.39 is 163 Å². The molecule has 4 aliphatic heterocycles. The lowest BCUT2D eigenvalue weighted by molar-refractivity contribution is -0.142. The first-order chi connectivity index (χ1) is 66.3. The van der Waals surface area contributed by atoms with Crippen molar-refractivity contribution in [3.63, 3.8) is 0 Å². The number of nitrogens with zero attached hydrogens (tertiary/aromatic N) is 4. The SMILES string of the molecule is CS(=O)(=O)N[C@@H](Cc1ccccc1)C(=O)N[C@H]1CCCNC(=O)[C@H](CCCN=C(N)N)NC(=O)[C@H](Cc2c[nH]c3ccccc23)NC(=O)[C@@H](CC2CCCCC2)NC(=O)[C@@H]2CCCN2C1=O.Cc1ccc(S(=O)(=O)N[C@@H](Cc2ccccc2)C(=O)N[C@H]2CCCNC(=O)[C@H](CCCN=C(N)N)NC(=O)[C@H](Cc3c[nH]c4ccccc34)NC(=O)[C@@H](CC3CCCCC3)NC(=O)[C@@H]3CCCN3C2=O)cc1. The number of para-hydroxylation sites is 2. The van der Waals surface area contributed by atoms with Gasteiger partial charge in [-0.2, -0.15) is 4.72 Å². The zero-order chi connectivity index (χ0) is 98.4. The van der Waals surface area contributed by atoms with Gasteiger partial charge in [0.15, 0.2) is 11.9 Å². The van der Waals surface area contributed by atoms with Crippen molar-refractivity contribution in [1.82, 2.24) is 82.4 Å². The van der Waals surface area contributed by atoms with Gasteiger partial charge in [0.25, 0.3) is 0 Å². The maximum absolute atomic E-state index is 14.9. The Bertz CT molecular complexity index is 5670. The molecule has 744 valence electrons. The summed E-state index contributed by atoms with van der Waals surface area (Å²) in [5, 5.41) is 30.7. The zero-order valence-electron chi connectivity index (χ0n) is 78.4. The third-order valence-corrected chi connectivity index (χ3v) is 28.7. The molecule has 6 aliphatic rings. The van der Waals surface area contributed by atoms with Crippen LogP contribution in [-0.4, -0.2) is 237 Å². The van der Waals surface area contributed by atoms with Crippen molar-refractivity contribution < 1.29 is 74.4 Å². The highest BCUT2D eigenvalue weighted by atomic mass is 32.2. The first-order valence-corrected chi connectivity index (χ1v) is 51.6. The number of hydrogen-bond acceptors (Lipinski definition) is 18. The van der Waals surface area contributed by atoms with Crippen LogP contribution in [0.15, 0.2) is 161 Å². The molecule has 12 atom stereocenters. The number of H-pyrrole nitrogens is 2. The largest absolute Gasteiger partial charge is 0.370 e. The minimum absolute atomic E-state index is 0.00512.